The highest BCUT2D eigenvalue weighted by Gasteiger charge is 2.27. The second-order valence-corrected chi connectivity index (χ2v) is 7.31. The zero-order valence-electron chi connectivity index (χ0n) is 14.5. The summed E-state index contributed by atoms with van der Waals surface area (Å²) in [6.07, 6.45) is 2.89. The van der Waals surface area contributed by atoms with Crippen LogP contribution in [0.2, 0.25) is 0 Å². The number of rotatable bonds is 9. The molecule has 0 heterocycles. The lowest BCUT2D eigenvalue weighted by Gasteiger charge is -2.38. The van der Waals surface area contributed by atoms with E-state index in [0.717, 1.165) is 37.3 Å². The molecular weight excluding hydrogens is 244 g/mol. The molecule has 0 saturated carbocycles. The normalized spacial score (nSPS) is 11.9. The minimum atomic E-state index is -0.0634. The first-order valence-electron chi connectivity index (χ1n) is 7.47. The van der Waals surface area contributed by atoms with Gasteiger partial charge < -0.3 is 10.2 Å². The molecule has 0 saturated heterocycles. The predicted octanol–water partition coefficient (Wildman–Crippen LogP) is 4.57. The highest BCUT2D eigenvalue weighted by Crippen LogP contribution is 2.35. The zero-order valence-corrected chi connectivity index (χ0v) is 14.5. The number of nitrogens with zero attached hydrogens (tertiary/aromatic N) is 1. The summed E-state index contributed by atoms with van der Waals surface area (Å²) in [7, 11) is 0. The molecule has 0 aliphatic carbocycles. The molecule has 20 heavy (non-hydrogen) atoms. The van der Waals surface area contributed by atoms with Gasteiger partial charge in [0.2, 0.25) is 0 Å². The molecule has 0 aromatic heterocycles. The number of hydrogen-bond acceptors (Lipinski definition) is 2. The minimum Gasteiger partial charge on any atom is -0.390 e. The van der Waals surface area contributed by atoms with Crippen molar-refractivity contribution >= 4 is 0 Å². The van der Waals surface area contributed by atoms with Gasteiger partial charge in [0, 0.05) is 30.7 Å². The lowest BCUT2D eigenvalue weighted by Crippen LogP contribution is -2.37. The van der Waals surface area contributed by atoms with Crippen molar-refractivity contribution in [3.8, 4) is 0 Å². The van der Waals surface area contributed by atoms with Crippen molar-refractivity contribution < 1.29 is 0 Å². The van der Waals surface area contributed by atoms with Crippen molar-refractivity contribution in [2.75, 3.05) is 19.6 Å². The fraction of sp³-hybridized carbons (Fsp3) is 0.667. The molecule has 0 aliphatic rings. The Balaban J connectivity index is 4.86. The summed E-state index contributed by atoms with van der Waals surface area (Å²) in [6, 6.07) is 0. The maximum absolute atomic E-state index is 4.34. The van der Waals surface area contributed by atoms with Crippen LogP contribution in [-0.2, 0) is 0 Å². The van der Waals surface area contributed by atoms with Gasteiger partial charge in [0.1, 0.15) is 0 Å². The maximum atomic E-state index is 4.34. The minimum absolute atomic E-state index is 0.0634. The van der Waals surface area contributed by atoms with Gasteiger partial charge in [-0.2, -0.15) is 0 Å². The zero-order chi connectivity index (χ0) is 16.0. The van der Waals surface area contributed by atoms with Crippen LogP contribution in [0.5, 0.6) is 0 Å². The van der Waals surface area contributed by atoms with Crippen molar-refractivity contribution in [2.45, 2.75) is 48.0 Å². The highest BCUT2D eigenvalue weighted by atomic mass is 15.2. The van der Waals surface area contributed by atoms with Crippen LogP contribution in [-0.4, -0.2) is 24.5 Å². The highest BCUT2D eigenvalue weighted by molar-refractivity contribution is 5.20. The molecule has 0 radical (unpaired) electrons. The Morgan fingerprint density at radius 2 is 1.65 bits per heavy atom. The molecular formula is C18H34N2. The van der Waals surface area contributed by atoms with Gasteiger partial charge in [-0.3, -0.25) is 0 Å². The largest absolute Gasteiger partial charge is 0.390 e. The summed E-state index contributed by atoms with van der Waals surface area (Å²) in [5.74, 6) is 0. The van der Waals surface area contributed by atoms with E-state index in [1.165, 1.54) is 0 Å². The molecule has 0 aromatic rings. The Bertz CT molecular complexity index is 345. The van der Waals surface area contributed by atoms with Gasteiger partial charge in [-0.25, -0.2) is 0 Å². The maximum Gasteiger partial charge on any atom is 0.0348 e. The fourth-order valence-electron chi connectivity index (χ4n) is 1.80. The van der Waals surface area contributed by atoms with Gasteiger partial charge in [-0.15, -0.1) is 0 Å². The SMILES string of the molecule is C=CNCCN(CCC(C)(C)C)C(=C)C(C)(C)C(=C)C. The molecule has 0 bridgehead atoms. The molecule has 0 atom stereocenters. The first-order valence-corrected chi connectivity index (χ1v) is 7.47. The van der Waals surface area contributed by atoms with Crippen molar-refractivity contribution in [2.24, 2.45) is 10.8 Å². The molecule has 116 valence electrons. The average molecular weight is 278 g/mol. The van der Waals surface area contributed by atoms with Crippen LogP contribution in [0.25, 0.3) is 0 Å². The number of hydrogen-bond donors (Lipinski definition) is 1. The van der Waals surface area contributed by atoms with Gasteiger partial charge in [-0.05, 0) is 25.0 Å². The quantitative estimate of drug-likeness (QED) is 0.491. The lowest BCUT2D eigenvalue weighted by molar-refractivity contribution is 0.237. The molecule has 0 aromatic carbocycles. The van der Waals surface area contributed by atoms with Gasteiger partial charge in [0.25, 0.3) is 0 Å². The third kappa shape index (κ3) is 6.31. The van der Waals surface area contributed by atoms with Crippen LogP contribution >= 0.6 is 0 Å². The van der Waals surface area contributed by atoms with Crippen LogP contribution in [0.15, 0.2) is 37.2 Å². The smallest absolute Gasteiger partial charge is 0.0348 e. The third-order valence-electron chi connectivity index (χ3n) is 3.97. The molecule has 2 heteroatoms. The molecule has 1 N–H and O–H groups in total. The predicted molar refractivity (Wildman–Crippen MR) is 91.6 cm³/mol. The summed E-state index contributed by atoms with van der Waals surface area (Å²) in [5.41, 5.74) is 2.57. The lowest BCUT2D eigenvalue weighted by atomic mass is 9.82. The monoisotopic (exact) mass is 278 g/mol. The molecule has 0 unspecified atom stereocenters. The standard InChI is InChI=1S/C18H34N2/c1-10-19-12-14-20(13-11-17(5,6)7)16(4)18(8,9)15(2)3/h10,19H,1-2,4,11-14H2,3,5-9H3. The molecule has 0 fully saturated rings. The Morgan fingerprint density at radius 1 is 1.10 bits per heavy atom. The molecule has 0 rings (SSSR count). The van der Waals surface area contributed by atoms with Crippen molar-refractivity contribution in [3.05, 3.63) is 37.2 Å². The van der Waals surface area contributed by atoms with Crippen molar-refractivity contribution in [3.63, 3.8) is 0 Å². The molecule has 0 amide bonds. The van der Waals surface area contributed by atoms with E-state index in [-0.39, 0.29) is 5.41 Å². The summed E-state index contributed by atoms with van der Waals surface area (Å²) < 4.78 is 0. The van der Waals surface area contributed by atoms with Crippen LogP contribution < -0.4 is 5.32 Å². The van der Waals surface area contributed by atoms with Crippen LogP contribution in [0.1, 0.15) is 48.0 Å². The second kappa shape index (κ2) is 7.56. The Morgan fingerprint density at radius 3 is 2.05 bits per heavy atom. The number of nitrogens with one attached hydrogen (secondary N) is 1. The summed E-state index contributed by atoms with van der Waals surface area (Å²) in [4.78, 5) is 2.39. The van der Waals surface area contributed by atoms with Crippen LogP contribution in [0.4, 0.5) is 0 Å². The van der Waals surface area contributed by atoms with E-state index in [9.17, 15) is 0 Å². The fourth-order valence-corrected chi connectivity index (χ4v) is 1.80. The second-order valence-electron chi connectivity index (χ2n) is 7.31. The van der Waals surface area contributed by atoms with Gasteiger partial charge in [0.15, 0.2) is 0 Å². The van der Waals surface area contributed by atoms with Gasteiger partial charge >= 0.3 is 0 Å². The van der Waals surface area contributed by atoms with Crippen LogP contribution in [0, 0.1) is 10.8 Å². The van der Waals surface area contributed by atoms with E-state index in [1.807, 2.05) is 0 Å². The Kier molecular flexibility index (Phi) is 7.12. The number of allylic oxidation sites excluding steroid dienone is 1. The molecule has 0 aliphatic heterocycles. The first-order chi connectivity index (χ1) is 9.02. The summed E-state index contributed by atoms with van der Waals surface area (Å²) in [5, 5.41) is 3.17. The average Bonchev–Trinajstić information content (AvgIpc) is 2.31. The van der Waals surface area contributed by atoms with Crippen LogP contribution in [0.3, 0.4) is 0 Å². The van der Waals surface area contributed by atoms with Gasteiger partial charge in [-0.1, -0.05) is 59.9 Å². The topological polar surface area (TPSA) is 15.3 Å². The van der Waals surface area contributed by atoms with E-state index in [4.69, 9.17) is 0 Å². The molecule has 0 spiro atoms. The first kappa shape index (κ1) is 18.8. The van der Waals surface area contributed by atoms with E-state index < -0.39 is 0 Å². The van der Waals surface area contributed by atoms with Crippen molar-refractivity contribution in [1.29, 1.82) is 0 Å². The van der Waals surface area contributed by atoms with Crippen molar-refractivity contribution in [1.82, 2.24) is 10.2 Å². The summed E-state index contributed by atoms with van der Waals surface area (Å²) in [6.45, 7) is 28.3. The van der Waals surface area contributed by atoms with E-state index in [0.29, 0.717) is 5.41 Å². The Hall–Kier alpha value is -1.18. The summed E-state index contributed by atoms with van der Waals surface area (Å²) >= 11 is 0. The third-order valence-corrected chi connectivity index (χ3v) is 3.97. The van der Waals surface area contributed by atoms with E-state index >= 15 is 0 Å². The Labute approximate surface area is 126 Å². The molecule has 2 nitrogen and oxygen atoms in total. The van der Waals surface area contributed by atoms with Gasteiger partial charge in [0.05, 0.1) is 0 Å². The van der Waals surface area contributed by atoms with E-state index in [1.54, 1.807) is 6.20 Å². The van der Waals surface area contributed by atoms with E-state index in [2.05, 4.69) is 71.5 Å².